The molecule has 4 aromatic rings. The lowest BCUT2D eigenvalue weighted by Gasteiger charge is -2.35. The minimum Gasteiger partial charge on any atom is -0.483 e. The summed E-state index contributed by atoms with van der Waals surface area (Å²) in [7, 11) is 1.75. The summed E-state index contributed by atoms with van der Waals surface area (Å²) in [6.45, 7) is 2.53. The topological polar surface area (TPSA) is 91.4 Å². The fourth-order valence-corrected chi connectivity index (χ4v) is 7.09. The number of ether oxygens (including phenoxy) is 2. The quantitative estimate of drug-likeness (QED) is 0.332. The van der Waals surface area contributed by atoms with Crippen LogP contribution in [0.1, 0.15) is 45.6 Å². The fraction of sp³-hybridized carbons (Fsp3) is 0.290. The second-order valence-corrected chi connectivity index (χ2v) is 11.3. The highest BCUT2D eigenvalue weighted by atomic mass is 35.5. The molecule has 3 aliphatic heterocycles. The van der Waals surface area contributed by atoms with E-state index in [1.165, 1.54) is 6.07 Å². The molecular weight excluding hydrogens is 550 g/mol. The van der Waals surface area contributed by atoms with Crippen molar-refractivity contribution in [3.05, 3.63) is 87.2 Å². The van der Waals surface area contributed by atoms with Gasteiger partial charge in [0.15, 0.2) is 17.2 Å². The minimum atomic E-state index is -0.889. The van der Waals surface area contributed by atoms with E-state index in [0.717, 1.165) is 24.9 Å². The first-order valence-corrected chi connectivity index (χ1v) is 13.9. The molecule has 2 atom stereocenters. The standard InChI is InChI=1S/C31H27ClF2N4O3/c1-15-23-18-13-38(2)37-20(18)14-40-29(23)28(34)26(24(15)30(35)39)25-17-12-31(22-9-6-10-36-22,16-7-4-3-5-8-16)41-21(17)11-19(33)27(25)32/h3-5,7-8,11,13,22,36H,6,9-10,12,14H2,1-2H3,(H2,35,39)/t22-,31-/m0/s1. The van der Waals surface area contributed by atoms with Crippen LogP contribution in [0.2, 0.25) is 5.02 Å². The number of carbonyl (C=O) groups excluding carboxylic acids is 1. The Kier molecular flexibility index (Phi) is 5.89. The van der Waals surface area contributed by atoms with E-state index < -0.39 is 23.1 Å². The molecule has 3 aromatic carbocycles. The number of carbonyl (C=O) groups is 1. The number of aromatic nitrogens is 2. The minimum absolute atomic E-state index is 0.0391. The van der Waals surface area contributed by atoms with Crippen molar-refractivity contribution in [1.29, 1.82) is 0 Å². The third-order valence-corrected chi connectivity index (χ3v) is 8.94. The Hall–Kier alpha value is -3.95. The van der Waals surface area contributed by atoms with E-state index in [1.807, 2.05) is 30.3 Å². The van der Waals surface area contributed by atoms with Gasteiger partial charge in [0.25, 0.3) is 0 Å². The van der Waals surface area contributed by atoms with Crippen molar-refractivity contribution in [2.75, 3.05) is 6.54 Å². The molecule has 0 unspecified atom stereocenters. The molecule has 7 nitrogen and oxygen atoms in total. The molecule has 0 bridgehead atoms. The molecule has 1 aromatic heterocycles. The molecule has 4 heterocycles. The fourth-order valence-electron chi connectivity index (χ4n) is 6.83. The molecule has 10 heteroatoms. The number of nitrogens with one attached hydrogen (secondary N) is 1. The van der Waals surface area contributed by atoms with Crippen LogP contribution >= 0.6 is 11.6 Å². The van der Waals surface area contributed by atoms with Gasteiger partial charge in [0.2, 0.25) is 5.91 Å². The van der Waals surface area contributed by atoms with Gasteiger partial charge < -0.3 is 20.5 Å². The first-order valence-electron chi connectivity index (χ1n) is 13.5. The van der Waals surface area contributed by atoms with E-state index in [2.05, 4.69) is 10.4 Å². The van der Waals surface area contributed by atoms with E-state index in [0.29, 0.717) is 27.9 Å². The number of nitrogens with zero attached hydrogens (tertiary/aromatic N) is 2. The number of halogens is 3. The molecule has 0 spiro atoms. The molecule has 1 amide bonds. The number of hydrogen-bond donors (Lipinski definition) is 2. The van der Waals surface area contributed by atoms with Gasteiger partial charge in [0.1, 0.15) is 23.9 Å². The Balaban J connectivity index is 1.50. The molecule has 41 heavy (non-hydrogen) atoms. The van der Waals surface area contributed by atoms with E-state index >= 15 is 8.78 Å². The van der Waals surface area contributed by atoms with Gasteiger partial charge >= 0.3 is 0 Å². The number of aryl methyl sites for hydroxylation is 1. The highest BCUT2D eigenvalue weighted by molar-refractivity contribution is 6.34. The monoisotopic (exact) mass is 576 g/mol. The lowest BCUT2D eigenvalue weighted by atomic mass is 9.79. The number of hydrogen-bond acceptors (Lipinski definition) is 5. The number of fused-ring (bicyclic) bond motifs is 4. The Morgan fingerprint density at radius 2 is 2.00 bits per heavy atom. The van der Waals surface area contributed by atoms with E-state index in [4.69, 9.17) is 26.8 Å². The van der Waals surface area contributed by atoms with Crippen LogP contribution in [-0.2, 0) is 25.7 Å². The zero-order valence-electron chi connectivity index (χ0n) is 22.5. The van der Waals surface area contributed by atoms with Crippen LogP contribution in [0, 0.1) is 18.6 Å². The third-order valence-electron chi connectivity index (χ3n) is 8.57. The van der Waals surface area contributed by atoms with Gasteiger partial charge in [-0.15, -0.1) is 0 Å². The van der Waals surface area contributed by atoms with Crippen LogP contribution < -0.4 is 20.5 Å². The Morgan fingerprint density at radius 3 is 2.71 bits per heavy atom. The summed E-state index contributed by atoms with van der Waals surface area (Å²) in [6.07, 6.45) is 3.82. The second kappa shape index (κ2) is 9.29. The first-order chi connectivity index (χ1) is 19.7. The van der Waals surface area contributed by atoms with Gasteiger partial charge in [-0.25, -0.2) is 8.78 Å². The largest absolute Gasteiger partial charge is 0.483 e. The van der Waals surface area contributed by atoms with Gasteiger partial charge in [-0.2, -0.15) is 5.10 Å². The molecule has 3 N–H and O–H groups in total. The number of primary amides is 1. The molecule has 0 saturated carbocycles. The van der Waals surface area contributed by atoms with Crippen molar-refractivity contribution in [2.24, 2.45) is 12.8 Å². The number of benzene rings is 3. The molecule has 0 aliphatic carbocycles. The Labute approximate surface area is 240 Å². The average Bonchev–Trinajstić information content (AvgIpc) is 3.70. The number of amides is 1. The summed E-state index contributed by atoms with van der Waals surface area (Å²) >= 11 is 6.66. The van der Waals surface area contributed by atoms with Gasteiger partial charge in [0.05, 0.1) is 16.6 Å². The van der Waals surface area contributed by atoms with Crippen molar-refractivity contribution < 1.29 is 23.0 Å². The van der Waals surface area contributed by atoms with Crippen LogP contribution in [0.4, 0.5) is 8.78 Å². The summed E-state index contributed by atoms with van der Waals surface area (Å²) in [5.41, 5.74) is 8.26. The lowest BCUT2D eigenvalue weighted by molar-refractivity contribution is 0.0539. The van der Waals surface area contributed by atoms with Crippen molar-refractivity contribution in [3.8, 4) is 33.8 Å². The zero-order valence-corrected chi connectivity index (χ0v) is 23.2. The highest BCUT2D eigenvalue weighted by Gasteiger charge is 2.50. The van der Waals surface area contributed by atoms with Gasteiger partial charge in [-0.05, 0) is 37.4 Å². The van der Waals surface area contributed by atoms with Gasteiger partial charge in [-0.3, -0.25) is 9.48 Å². The van der Waals surface area contributed by atoms with E-state index in [1.54, 1.807) is 24.9 Å². The van der Waals surface area contributed by atoms with Gasteiger partial charge in [-0.1, -0.05) is 41.9 Å². The Bertz CT molecular complexity index is 1750. The molecule has 1 fully saturated rings. The molecule has 210 valence electrons. The summed E-state index contributed by atoms with van der Waals surface area (Å²) in [6, 6.07) is 10.9. The summed E-state index contributed by atoms with van der Waals surface area (Å²) in [4.78, 5) is 13.0. The van der Waals surface area contributed by atoms with Crippen LogP contribution in [0.15, 0.2) is 42.6 Å². The maximum atomic E-state index is 16.7. The lowest BCUT2D eigenvalue weighted by Crippen LogP contribution is -2.48. The number of nitrogens with two attached hydrogens (primary N) is 1. The van der Waals surface area contributed by atoms with E-state index in [-0.39, 0.29) is 52.3 Å². The second-order valence-electron chi connectivity index (χ2n) is 10.9. The van der Waals surface area contributed by atoms with E-state index in [9.17, 15) is 4.79 Å². The van der Waals surface area contributed by atoms with Crippen LogP contribution in [0.5, 0.6) is 11.5 Å². The maximum absolute atomic E-state index is 16.7. The average molecular weight is 577 g/mol. The van der Waals surface area contributed by atoms with Gasteiger partial charge in [0, 0.05) is 53.5 Å². The number of rotatable bonds is 4. The highest BCUT2D eigenvalue weighted by Crippen LogP contribution is 2.54. The molecule has 0 radical (unpaired) electrons. The van der Waals surface area contributed by atoms with Crippen LogP contribution in [0.3, 0.4) is 0 Å². The predicted octanol–water partition coefficient (Wildman–Crippen LogP) is 5.57. The summed E-state index contributed by atoms with van der Waals surface area (Å²) in [5, 5.41) is 7.62. The van der Waals surface area contributed by atoms with Crippen molar-refractivity contribution in [1.82, 2.24) is 15.1 Å². The third kappa shape index (κ3) is 3.72. The Morgan fingerprint density at radius 1 is 1.22 bits per heavy atom. The van der Waals surface area contributed by atoms with Crippen molar-refractivity contribution in [3.63, 3.8) is 0 Å². The smallest absolute Gasteiger partial charge is 0.249 e. The van der Waals surface area contributed by atoms with Crippen LogP contribution in [0.25, 0.3) is 22.3 Å². The first kappa shape index (κ1) is 26.0. The SMILES string of the molecule is Cc1c(C(N)=O)c(-c2c(Cl)c(F)cc3c2C[C@](c2ccccc2)([C@@H]2CCCN2)O3)c(F)c2c1-c1cn(C)nc1CO2. The summed E-state index contributed by atoms with van der Waals surface area (Å²) in [5.74, 6) is -2.29. The zero-order chi connectivity index (χ0) is 28.6. The maximum Gasteiger partial charge on any atom is 0.249 e. The summed E-state index contributed by atoms with van der Waals surface area (Å²) < 4.78 is 46.4. The molecule has 7 rings (SSSR count). The molecule has 3 aliphatic rings. The predicted molar refractivity (Wildman–Crippen MR) is 150 cm³/mol. The molecule has 1 saturated heterocycles. The van der Waals surface area contributed by atoms with Crippen molar-refractivity contribution >= 4 is 17.5 Å². The van der Waals surface area contributed by atoms with Crippen LogP contribution in [-0.4, -0.2) is 28.3 Å². The molecular formula is C31H27ClF2N4O3. The normalized spacial score (nSPS) is 20.7. The van der Waals surface area contributed by atoms with Crippen molar-refractivity contribution in [2.45, 2.75) is 44.4 Å².